The van der Waals surface area contributed by atoms with Crippen molar-refractivity contribution >= 4 is 21.7 Å². The molecule has 2 heterocycles. The molecule has 7 nitrogen and oxygen atoms in total. The molecule has 0 aliphatic carbocycles. The first kappa shape index (κ1) is 22.5. The standard InChI is InChI=1S/C23H23ClN2O5S/c1-32(28,29)31-15-19-14-21(17-6-9-22-18(13-17)10-12-30-22)25-26(23(19)27)11-2-3-16-4-7-20(24)8-5-16/h4-9,13-14H,2-3,10-12,15H2,1H3. The molecule has 0 amide bonds. The molecule has 0 atom stereocenters. The van der Waals surface area contributed by atoms with Gasteiger partial charge in [-0.25, -0.2) is 4.68 Å². The van der Waals surface area contributed by atoms with E-state index in [1.165, 1.54) is 4.68 Å². The van der Waals surface area contributed by atoms with E-state index in [1.54, 1.807) is 6.07 Å². The summed E-state index contributed by atoms with van der Waals surface area (Å²) in [6, 6.07) is 14.9. The molecular weight excluding hydrogens is 452 g/mol. The molecule has 1 aromatic heterocycles. The molecule has 0 N–H and O–H groups in total. The minimum absolute atomic E-state index is 0.240. The second-order valence-corrected chi connectivity index (χ2v) is 9.78. The predicted octanol–water partition coefficient (Wildman–Crippen LogP) is 3.61. The number of hydrogen-bond donors (Lipinski definition) is 0. The summed E-state index contributed by atoms with van der Waals surface area (Å²) >= 11 is 5.93. The van der Waals surface area contributed by atoms with Gasteiger partial charge in [0, 0.05) is 29.1 Å². The van der Waals surface area contributed by atoms with Gasteiger partial charge in [0.2, 0.25) is 0 Å². The van der Waals surface area contributed by atoms with Crippen LogP contribution in [-0.4, -0.2) is 31.1 Å². The summed E-state index contributed by atoms with van der Waals surface area (Å²) in [5, 5.41) is 5.23. The molecule has 1 aliphatic heterocycles. The number of aryl methyl sites for hydroxylation is 2. The fourth-order valence-corrected chi connectivity index (χ4v) is 4.06. The van der Waals surface area contributed by atoms with Gasteiger partial charge in [0.1, 0.15) is 5.75 Å². The maximum absolute atomic E-state index is 12.9. The van der Waals surface area contributed by atoms with Crippen LogP contribution in [0.2, 0.25) is 5.02 Å². The zero-order valence-corrected chi connectivity index (χ0v) is 19.2. The average Bonchev–Trinajstić information content (AvgIpc) is 3.22. The van der Waals surface area contributed by atoms with Crippen LogP contribution in [0, 0.1) is 0 Å². The van der Waals surface area contributed by atoms with Gasteiger partial charge in [-0.3, -0.25) is 8.98 Å². The average molecular weight is 475 g/mol. The highest BCUT2D eigenvalue weighted by Crippen LogP contribution is 2.29. The number of aromatic nitrogens is 2. The van der Waals surface area contributed by atoms with E-state index < -0.39 is 10.1 Å². The molecule has 0 radical (unpaired) electrons. The van der Waals surface area contributed by atoms with Crippen LogP contribution in [0.25, 0.3) is 11.3 Å². The maximum atomic E-state index is 12.9. The molecule has 9 heteroatoms. The number of ether oxygens (including phenoxy) is 1. The first-order valence-corrected chi connectivity index (χ1v) is 12.4. The first-order chi connectivity index (χ1) is 15.3. The fourth-order valence-electron chi connectivity index (χ4n) is 3.59. The highest BCUT2D eigenvalue weighted by Gasteiger charge is 2.16. The molecule has 0 spiro atoms. The topological polar surface area (TPSA) is 87.5 Å². The number of rotatable bonds is 8. The van der Waals surface area contributed by atoms with Crippen molar-refractivity contribution < 1.29 is 17.3 Å². The minimum atomic E-state index is -3.69. The highest BCUT2D eigenvalue weighted by molar-refractivity contribution is 7.85. The molecule has 0 fully saturated rings. The summed E-state index contributed by atoms with van der Waals surface area (Å²) < 4.78 is 34.8. The molecule has 0 saturated heterocycles. The van der Waals surface area contributed by atoms with Gasteiger partial charge < -0.3 is 4.74 Å². The summed E-state index contributed by atoms with van der Waals surface area (Å²) in [6.07, 6.45) is 3.21. The summed E-state index contributed by atoms with van der Waals surface area (Å²) in [6.45, 7) is 0.692. The van der Waals surface area contributed by atoms with Gasteiger partial charge in [-0.2, -0.15) is 13.5 Å². The summed E-state index contributed by atoms with van der Waals surface area (Å²) in [5.74, 6) is 0.852. The maximum Gasteiger partial charge on any atom is 0.272 e. The van der Waals surface area contributed by atoms with Gasteiger partial charge in [-0.15, -0.1) is 0 Å². The van der Waals surface area contributed by atoms with E-state index in [-0.39, 0.29) is 17.7 Å². The van der Waals surface area contributed by atoms with Gasteiger partial charge >= 0.3 is 0 Å². The molecule has 168 valence electrons. The molecule has 0 unspecified atom stereocenters. The number of halogens is 1. The Morgan fingerprint density at radius 2 is 1.94 bits per heavy atom. The molecule has 4 rings (SSSR count). The third-order valence-corrected chi connectivity index (χ3v) is 6.01. The summed E-state index contributed by atoms with van der Waals surface area (Å²) in [5.41, 5.74) is 3.48. The third-order valence-electron chi connectivity index (χ3n) is 5.21. The van der Waals surface area contributed by atoms with Crippen LogP contribution >= 0.6 is 11.6 Å². The summed E-state index contributed by atoms with van der Waals surface area (Å²) in [7, 11) is -3.69. The Morgan fingerprint density at radius 3 is 2.69 bits per heavy atom. The van der Waals surface area contributed by atoms with Crippen molar-refractivity contribution in [3.63, 3.8) is 0 Å². The Labute approximate surface area is 191 Å². The largest absolute Gasteiger partial charge is 0.493 e. The molecule has 0 bridgehead atoms. The van der Waals surface area contributed by atoms with Crippen molar-refractivity contribution in [3.8, 4) is 17.0 Å². The van der Waals surface area contributed by atoms with E-state index in [0.29, 0.717) is 30.3 Å². The van der Waals surface area contributed by atoms with Crippen LogP contribution in [0.5, 0.6) is 5.75 Å². The van der Waals surface area contributed by atoms with Crippen molar-refractivity contribution in [2.24, 2.45) is 0 Å². The van der Waals surface area contributed by atoms with E-state index in [0.717, 1.165) is 41.5 Å². The van der Waals surface area contributed by atoms with Gasteiger partial charge in [0.25, 0.3) is 15.7 Å². The molecule has 3 aromatic rings. The Kier molecular flexibility index (Phi) is 6.64. The van der Waals surface area contributed by atoms with E-state index in [2.05, 4.69) is 5.10 Å². The van der Waals surface area contributed by atoms with E-state index >= 15 is 0 Å². The predicted molar refractivity (Wildman–Crippen MR) is 123 cm³/mol. The normalized spacial score (nSPS) is 13.1. The van der Waals surface area contributed by atoms with Crippen molar-refractivity contribution in [2.45, 2.75) is 32.4 Å². The lowest BCUT2D eigenvalue weighted by molar-refractivity contribution is 0.308. The molecule has 1 aliphatic rings. The zero-order valence-electron chi connectivity index (χ0n) is 17.6. The van der Waals surface area contributed by atoms with Crippen LogP contribution in [0.15, 0.2) is 53.3 Å². The Balaban J connectivity index is 1.62. The van der Waals surface area contributed by atoms with Crippen LogP contribution in [0.4, 0.5) is 0 Å². The minimum Gasteiger partial charge on any atom is -0.493 e. The Morgan fingerprint density at radius 1 is 1.16 bits per heavy atom. The number of fused-ring (bicyclic) bond motifs is 1. The number of hydrogen-bond acceptors (Lipinski definition) is 6. The van der Waals surface area contributed by atoms with E-state index in [9.17, 15) is 13.2 Å². The number of nitrogens with zero attached hydrogens (tertiary/aromatic N) is 2. The van der Waals surface area contributed by atoms with Crippen molar-refractivity contribution in [3.05, 3.63) is 80.6 Å². The van der Waals surface area contributed by atoms with Crippen LogP contribution in [0.1, 0.15) is 23.1 Å². The second kappa shape index (κ2) is 9.44. The van der Waals surface area contributed by atoms with Gasteiger partial charge in [0.15, 0.2) is 0 Å². The van der Waals surface area contributed by atoms with Crippen molar-refractivity contribution in [1.29, 1.82) is 0 Å². The molecular formula is C23H23ClN2O5S. The Hall–Kier alpha value is -2.68. The van der Waals surface area contributed by atoms with Crippen LogP contribution in [0.3, 0.4) is 0 Å². The SMILES string of the molecule is CS(=O)(=O)OCc1cc(-c2ccc3c(c2)CCO3)nn(CCCc2ccc(Cl)cc2)c1=O. The third kappa shape index (κ3) is 5.56. The number of benzene rings is 2. The first-order valence-electron chi connectivity index (χ1n) is 10.2. The van der Waals surface area contributed by atoms with E-state index in [1.807, 2.05) is 42.5 Å². The fraction of sp³-hybridized carbons (Fsp3) is 0.304. The lowest BCUT2D eigenvalue weighted by atomic mass is 10.1. The highest BCUT2D eigenvalue weighted by atomic mass is 35.5. The smallest absolute Gasteiger partial charge is 0.272 e. The second-order valence-electron chi connectivity index (χ2n) is 7.70. The molecule has 0 saturated carbocycles. The van der Waals surface area contributed by atoms with Crippen LogP contribution < -0.4 is 10.3 Å². The quantitative estimate of drug-likeness (QED) is 0.463. The lowest BCUT2D eigenvalue weighted by Gasteiger charge is -2.12. The summed E-state index contributed by atoms with van der Waals surface area (Å²) in [4.78, 5) is 12.9. The van der Waals surface area contributed by atoms with Crippen LogP contribution in [-0.2, 0) is 40.3 Å². The van der Waals surface area contributed by atoms with Crippen molar-refractivity contribution in [1.82, 2.24) is 9.78 Å². The van der Waals surface area contributed by atoms with Crippen molar-refractivity contribution in [2.75, 3.05) is 12.9 Å². The molecule has 2 aromatic carbocycles. The van der Waals surface area contributed by atoms with E-state index in [4.69, 9.17) is 20.5 Å². The molecule has 32 heavy (non-hydrogen) atoms. The van der Waals surface area contributed by atoms with Gasteiger partial charge in [0.05, 0.1) is 25.2 Å². The zero-order chi connectivity index (χ0) is 22.7. The lowest BCUT2D eigenvalue weighted by Crippen LogP contribution is -2.28. The Bertz CT molecular complexity index is 1290. The monoisotopic (exact) mass is 474 g/mol. The van der Waals surface area contributed by atoms with Gasteiger partial charge in [-0.1, -0.05) is 23.7 Å². The van der Waals surface area contributed by atoms with Gasteiger partial charge in [-0.05, 0) is 60.4 Å².